The Morgan fingerprint density at radius 2 is 1.67 bits per heavy atom. The minimum Gasteiger partial charge on any atom is -0.308 e. The zero-order valence-corrected chi connectivity index (χ0v) is 23.2. The Bertz CT molecular complexity index is 1740. The molecule has 39 heavy (non-hydrogen) atoms. The van der Waals surface area contributed by atoms with Crippen molar-refractivity contribution in [3.05, 3.63) is 85.1 Å². The highest BCUT2D eigenvalue weighted by molar-refractivity contribution is 7.91. The number of rotatable bonds is 7. The van der Waals surface area contributed by atoms with E-state index < -0.39 is 31.6 Å². The van der Waals surface area contributed by atoms with Gasteiger partial charge in [-0.3, -0.25) is 9.78 Å². The molecule has 1 unspecified atom stereocenters. The van der Waals surface area contributed by atoms with Crippen LogP contribution < -0.4 is 9.62 Å². The van der Waals surface area contributed by atoms with Gasteiger partial charge in [-0.05, 0) is 54.4 Å². The van der Waals surface area contributed by atoms with Crippen LogP contribution in [0.5, 0.6) is 0 Å². The van der Waals surface area contributed by atoms with E-state index in [-0.39, 0.29) is 28.5 Å². The van der Waals surface area contributed by atoms with Crippen LogP contribution in [-0.2, 0) is 24.7 Å². The van der Waals surface area contributed by atoms with Gasteiger partial charge in [0.05, 0.1) is 15.5 Å². The molecule has 1 amide bonds. The number of aromatic nitrogens is 1. The first-order chi connectivity index (χ1) is 18.5. The molecule has 12 heteroatoms. The molecule has 5 rings (SSSR count). The van der Waals surface area contributed by atoms with Crippen LogP contribution in [0.4, 0.5) is 10.1 Å². The third kappa shape index (κ3) is 5.50. The number of alkyl halides is 1. The number of nitrogens with zero attached hydrogens (tertiary/aromatic N) is 2. The van der Waals surface area contributed by atoms with E-state index >= 15 is 4.39 Å². The first-order valence-electron chi connectivity index (χ1n) is 11.9. The summed E-state index contributed by atoms with van der Waals surface area (Å²) in [5.74, 6) is -3.84. The van der Waals surface area contributed by atoms with Crippen LogP contribution in [-0.4, -0.2) is 46.3 Å². The number of carbonyl (C=O) groups excluding carboxylic acids is 1. The van der Waals surface area contributed by atoms with E-state index in [4.69, 9.17) is 0 Å². The molecule has 0 aliphatic carbocycles. The predicted molar refractivity (Wildman–Crippen MR) is 148 cm³/mol. The molecule has 1 atom stereocenters. The van der Waals surface area contributed by atoms with Crippen molar-refractivity contribution in [1.29, 1.82) is 0 Å². The van der Waals surface area contributed by atoms with Gasteiger partial charge in [0.25, 0.3) is 21.7 Å². The highest BCUT2D eigenvalue weighted by Crippen LogP contribution is 2.35. The number of pyridine rings is 1. The van der Waals surface area contributed by atoms with Crippen LogP contribution in [0.1, 0.15) is 12.8 Å². The minimum absolute atomic E-state index is 0.126. The fraction of sp³-hybridized carbons (Fsp3) is 0.185. The number of benzene rings is 2. The predicted octanol–water partition coefficient (Wildman–Crippen LogP) is 4.65. The summed E-state index contributed by atoms with van der Waals surface area (Å²) in [5, 5.41) is 0. The number of hydrogen-bond acceptors (Lipinski definition) is 7. The largest absolute Gasteiger partial charge is 0.308 e. The smallest absolute Gasteiger partial charge is 0.280 e. The fourth-order valence-electron chi connectivity index (χ4n) is 4.47. The van der Waals surface area contributed by atoms with Gasteiger partial charge in [-0.1, -0.05) is 36.4 Å². The minimum atomic E-state index is -4.34. The molecule has 3 heterocycles. The third-order valence-corrected chi connectivity index (χ3v) is 10.5. The molecular weight excluding hydrogens is 562 g/mol. The van der Waals surface area contributed by atoms with Crippen molar-refractivity contribution in [2.75, 3.05) is 17.7 Å². The van der Waals surface area contributed by atoms with Crippen molar-refractivity contribution in [3.63, 3.8) is 0 Å². The Hall–Kier alpha value is -3.45. The molecule has 0 saturated carbocycles. The number of sulfonamides is 1. The molecule has 1 fully saturated rings. The zero-order chi connectivity index (χ0) is 27.8. The second-order valence-electron chi connectivity index (χ2n) is 9.12. The first kappa shape index (κ1) is 27.1. The van der Waals surface area contributed by atoms with Gasteiger partial charge in [-0.25, -0.2) is 21.2 Å². The Morgan fingerprint density at radius 1 is 0.949 bits per heavy atom. The van der Waals surface area contributed by atoms with Gasteiger partial charge < -0.3 is 4.90 Å². The van der Waals surface area contributed by atoms with Gasteiger partial charge in [0.15, 0.2) is 9.84 Å². The molecule has 2 aromatic heterocycles. The standard InChI is InChI=1S/C27H24FN3O5S3/c1-38(33,34)24-9-3-2-7-21(24)19-10-12-20(13-11-19)31-18-6-16-27(28,26(31)32)30-39(35,36)25-15-14-23(37-25)22-8-4-5-17-29-22/h2-5,7-15,17,30H,6,16,18H2,1H3. The second-order valence-corrected chi connectivity index (χ2v) is 14.1. The number of hydrogen-bond donors (Lipinski definition) is 1. The second kappa shape index (κ2) is 10.3. The molecule has 202 valence electrons. The topological polar surface area (TPSA) is 114 Å². The van der Waals surface area contributed by atoms with Crippen LogP contribution in [0, 0.1) is 0 Å². The Morgan fingerprint density at radius 3 is 2.36 bits per heavy atom. The Labute approximate surface area is 230 Å². The summed E-state index contributed by atoms with van der Waals surface area (Å²) in [7, 11) is -7.82. The SMILES string of the molecule is CS(=O)(=O)c1ccccc1-c1ccc(N2CCCC(F)(NS(=O)(=O)c3ccc(-c4ccccn4)s3)C2=O)cc1. The number of halogens is 1. The van der Waals surface area contributed by atoms with Crippen molar-refractivity contribution in [2.45, 2.75) is 27.7 Å². The quantitative estimate of drug-likeness (QED) is 0.316. The highest BCUT2D eigenvalue weighted by atomic mass is 32.2. The van der Waals surface area contributed by atoms with Crippen LogP contribution in [0.3, 0.4) is 0 Å². The Balaban J connectivity index is 1.38. The van der Waals surface area contributed by atoms with Crippen molar-refractivity contribution < 1.29 is 26.0 Å². The maximum absolute atomic E-state index is 16.0. The summed E-state index contributed by atoms with van der Waals surface area (Å²) in [4.78, 5) is 19.4. The summed E-state index contributed by atoms with van der Waals surface area (Å²) in [6.07, 6.45) is 2.64. The molecule has 8 nitrogen and oxygen atoms in total. The molecule has 1 aliphatic heterocycles. The van der Waals surface area contributed by atoms with E-state index in [0.717, 1.165) is 17.6 Å². The average molecular weight is 586 g/mol. The molecule has 4 aromatic rings. The average Bonchev–Trinajstić information content (AvgIpc) is 3.42. The van der Waals surface area contributed by atoms with Gasteiger partial charge >= 0.3 is 0 Å². The molecule has 2 aromatic carbocycles. The van der Waals surface area contributed by atoms with Gasteiger partial charge in [-0.2, -0.15) is 4.72 Å². The molecule has 1 aliphatic rings. The molecule has 0 bridgehead atoms. The summed E-state index contributed by atoms with van der Waals surface area (Å²) in [6, 6.07) is 21.2. The number of piperidine rings is 1. The van der Waals surface area contributed by atoms with Gasteiger partial charge in [-0.15, -0.1) is 11.3 Å². The lowest BCUT2D eigenvalue weighted by Crippen LogP contribution is -2.60. The van der Waals surface area contributed by atoms with E-state index in [9.17, 15) is 21.6 Å². The zero-order valence-electron chi connectivity index (χ0n) is 20.7. The van der Waals surface area contributed by atoms with Crippen molar-refractivity contribution in [3.8, 4) is 21.7 Å². The Kier molecular flexibility index (Phi) is 7.14. The lowest BCUT2D eigenvalue weighted by atomic mass is 10.0. The lowest BCUT2D eigenvalue weighted by molar-refractivity contribution is -0.133. The van der Waals surface area contributed by atoms with E-state index in [1.807, 2.05) is 4.72 Å². The first-order valence-corrected chi connectivity index (χ1v) is 16.1. The van der Waals surface area contributed by atoms with Crippen LogP contribution in [0.15, 0.2) is 94.2 Å². The maximum Gasteiger partial charge on any atom is 0.280 e. The highest BCUT2D eigenvalue weighted by Gasteiger charge is 2.48. The van der Waals surface area contributed by atoms with Crippen molar-refractivity contribution in [1.82, 2.24) is 9.71 Å². The van der Waals surface area contributed by atoms with E-state index in [1.165, 1.54) is 17.0 Å². The monoisotopic (exact) mass is 585 g/mol. The summed E-state index contributed by atoms with van der Waals surface area (Å²) in [5.41, 5.74) is 2.07. The summed E-state index contributed by atoms with van der Waals surface area (Å²) in [6.45, 7) is 0.203. The number of nitrogens with one attached hydrogen (secondary N) is 1. The number of carbonyl (C=O) groups is 1. The molecular formula is C27H24FN3O5S3. The van der Waals surface area contributed by atoms with E-state index in [1.54, 1.807) is 72.9 Å². The number of sulfone groups is 1. The summed E-state index contributed by atoms with van der Waals surface area (Å²) < 4.78 is 68.4. The van der Waals surface area contributed by atoms with Crippen LogP contribution in [0.25, 0.3) is 21.7 Å². The van der Waals surface area contributed by atoms with Gasteiger partial charge in [0.1, 0.15) is 4.21 Å². The van der Waals surface area contributed by atoms with Gasteiger partial charge in [0.2, 0.25) is 0 Å². The van der Waals surface area contributed by atoms with Gasteiger partial charge in [0, 0.05) is 36.7 Å². The molecule has 1 N–H and O–H groups in total. The number of amides is 1. The van der Waals surface area contributed by atoms with E-state index in [0.29, 0.717) is 27.4 Å². The maximum atomic E-state index is 16.0. The van der Waals surface area contributed by atoms with Crippen LogP contribution in [0.2, 0.25) is 0 Å². The van der Waals surface area contributed by atoms with E-state index in [2.05, 4.69) is 4.98 Å². The number of thiophene rings is 1. The number of anilines is 1. The van der Waals surface area contributed by atoms with Crippen molar-refractivity contribution >= 4 is 42.8 Å². The normalized spacial score (nSPS) is 18.3. The van der Waals surface area contributed by atoms with Crippen molar-refractivity contribution in [2.24, 2.45) is 0 Å². The molecule has 1 saturated heterocycles. The molecule has 0 spiro atoms. The summed E-state index contributed by atoms with van der Waals surface area (Å²) >= 11 is 0.934. The van der Waals surface area contributed by atoms with Crippen LogP contribution >= 0.6 is 11.3 Å². The lowest BCUT2D eigenvalue weighted by Gasteiger charge is -2.36. The molecule has 0 radical (unpaired) electrons. The third-order valence-electron chi connectivity index (χ3n) is 6.32. The fourth-order valence-corrected chi connectivity index (χ4v) is 7.89.